The molecule has 1 amide bonds. The average Bonchev–Trinajstić information content (AvgIpc) is 2.60. The van der Waals surface area contributed by atoms with Gasteiger partial charge in [-0.15, -0.1) is 0 Å². The van der Waals surface area contributed by atoms with Gasteiger partial charge in [-0.05, 0) is 25.5 Å². The molecule has 132 valence electrons. The summed E-state index contributed by atoms with van der Waals surface area (Å²) in [5.74, 6) is 0.921. The van der Waals surface area contributed by atoms with Gasteiger partial charge in [0, 0.05) is 32.4 Å². The highest BCUT2D eigenvalue weighted by molar-refractivity contribution is 5.82. The molecule has 0 saturated carbocycles. The molecule has 1 unspecified atom stereocenters. The lowest BCUT2D eigenvalue weighted by atomic mass is 10.1. The van der Waals surface area contributed by atoms with E-state index >= 15 is 0 Å². The Hall–Kier alpha value is -1.70. The van der Waals surface area contributed by atoms with Crippen LogP contribution in [0.2, 0.25) is 0 Å². The summed E-state index contributed by atoms with van der Waals surface area (Å²) < 4.78 is 11.1. The Morgan fingerprint density at radius 2 is 2.25 bits per heavy atom. The number of ether oxygens (including phenoxy) is 2. The first-order valence-electron chi connectivity index (χ1n) is 8.57. The fraction of sp³-hybridized carbons (Fsp3) is 0.647. The quantitative estimate of drug-likeness (QED) is 0.825. The van der Waals surface area contributed by atoms with Gasteiger partial charge in [-0.25, -0.2) is 4.98 Å². The SMILES string of the molecule is CC1CN(c2ccc(CNC(=O)[C@H]3NCCO[C@@H]3C)cn2)CCO1. The van der Waals surface area contributed by atoms with E-state index < -0.39 is 0 Å². The summed E-state index contributed by atoms with van der Waals surface area (Å²) in [5, 5.41) is 6.14. The molecule has 3 atom stereocenters. The van der Waals surface area contributed by atoms with E-state index in [9.17, 15) is 4.79 Å². The van der Waals surface area contributed by atoms with E-state index in [0.29, 0.717) is 19.7 Å². The summed E-state index contributed by atoms with van der Waals surface area (Å²) in [6.45, 7) is 8.25. The van der Waals surface area contributed by atoms with Crippen molar-refractivity contribution in [2.24, 2.45) is 0 Å². The van der Waals surface area contributed by atoms with Gasteiger partial charge in [-0.2, -0.15) is 0 Å². The average molecular weight is 334 g/mol. The van der Waals surface area contributed by atoms with Crippen LogP contribution in [0, 0.1) is 0 Å². The second-order valence-electron chi connectivity index (χ2n) is 6.38. The number of pyridine rings is 1. The van der Waals surface area contributed by atoms with Gasteiger partial charge in [0.05, 0.1) is 25.4 Å². The van der Waals surface area contributed by atoms with E-state index in [0.717, 1.165) is 31.1 Å². The molecule has 1 aromatic rings. The number of amides is 1. The first-order valence-corrected chi connectivity index (χ1v) is 8.57. The zero-order chi connectivity index (χ0) is 16.9. The molecule has 1 aromatic heterocycles. The predicted molar refractivity (Wildman–Crippen MR) is 90.9 cm³/mol. The highest BCUT2D eigenvalue weighted by Crippen LogP contribution is 2.15. The van der Waals surface area contributed by atoms with Crippen LogP contribution < -0.4 is 15.5 Å². The maximum absolute atomic E-state index is 12.2. The molecule has 0 aliphatic carbocycles. The van der Waals surface area contributed by atoms with Crippen molar-refractivity contribution in [2.45, 2.75) is 38.6 Å². The maximum atomic E-state index is 12.2. The third-order valence-corrected chi connectivity index (χ3v) is 4.44. The van der Waals surface area contributed by atoms with Crippen LogP contribution in [0.25, 0.3) is 0 Å². The van der Waals surface area contributed by atoms with Crippen LogP contribution in [0.1, 0.15) is 19.4 Å². The number of carbonyl (C=O) groups is 1. The Morgan fingerprint density at radius 3 is 2.96 bits per heavy atom. The first-order chi connectivity index (χ1) is 11.6. The number of anilines is 1. The Labute approximate surface area is 142 Å². The van der Waals surface area contributed by atoms with Gasteiger partial charge in [0.2, 0.25) is 5.91 Å². The minimum atomic E-state index is -0.291. The summed E-state index contributed by atoms with van der Waals surface area (Å²) in [6, 6.07) is 3.72. The molecule has 24 heavy (non-hydrogen) atoms. The molecule has 2 aliphatic rings. The van der Waals surface area contributed by atoms with E-state index in [2.05, 4.69) is 27.4 Å². The van der Waals surface area contributed by atoms with Crippen molar-refractivity contribution >= 4 is 11.7 Å². The largest absolute Gasteiger partial charge is 0.375 e. The minimum absolute atomic E-state index is 0.0340. The van der Waals surface area contributed by atoms with Gasteiger partial charge >= 0.3 is 0 Å². The van der Waals surface area contributed by atoms with Gasteiger partial charge in [-0.3, -0.25) is 4.79 Å². The van der Waals surface area contributed by atoms with Crippen LogP contribution in [0.15, 0.2) is 18.3 Å². The van der Waals surface area contributed by atoms with Crippen molar-refractivity contribution in [1.82, 2.24) is 15.6 Å². The fourth-order valence-corrected chi connectivity index (χ4v) is 3.06. The Morgan fingerprint density at radius 1 is 1.38 bits per heavy atom. The Balaban J connectivity index is 1.51. The maximum Gasteiger partial charge on any atom is 0.240 e. The zero-order valence-corrected chi connectivity index (χ0v) is 14.3. The molecule has 0 radical (unpaired) electrons. The number of carbonyl (C=O) groups excluding carboxylic acids is 1. The molecule has 2 N–H and O–H groups in total. The first kappa shape index (κ1) is 17.1. The Bertz CT molecular complexity index is 551. The number of hydrogen-bond acceptors (Lipinski definition) is 6. The Kier molecular flexibility index (Phi) is 5.65. The summed E-state index contributed by atoms with van der Waals surface area (Å²) in [4.78, 5) is 19.0. The van der Waals surface area contributed by atoms with Crippen molar-refractivity contribution < 1.29 is 14.3 Å². The van der Waals surface area contributed by atoms with Gasteiger partial charge in [0.25, 0.3) is 0 Å². The molecule has 3 heterocycles. The van der Waals surface area contributed by atoms with Crippen LogP contribution in [0.3, 0.4) is 0 Å². The van der Waals surface area contributed by atoms with Crippen LogP contribution in [-0.2, 0) is 20.8 Å². The third-order valence-electron chi connectivity index (χ3n) is 4.44. The van der Waals surface area contributed by atoms with Crippen LogP contribution in [0.5, 0.6) is 0 Å². The molecule has 2 aliphatic heterocycles. The van der Waals surface area contributed by atoms with Crippen molar-refractivity contribution in [2.75, 3.05) is 37.7 Å². The van der Waals surface area contributed by atoms with Gasteiger partial charge in [0.15, 0.2) is 0 Å². The zero-order valence-electron chi connectivity index (χ0n) is 14.3. The van der Waals surface area contributed by atoms with E-state index in [1.807, 2.05) is 25.3 Å². The highest BCUT2D eigenvalue weighted by Gasteiger charge is 2.27. The molecular formula is C17H26N4O3. The molecule has 2 fully saturated rings. The van der Waals surface area contributed by atoms with Gasteiger partial charge in [-0.1, -0.05) is 6.07 Å². The van der Waals surface area contributed by atoms with E-state index in [-0.39, 0.29) is 24.2 Å². The molecule has 0 spiro atoms. The topological polar surface area (TPSA) is 75.7 Å². The normalized spacial score (nSPS) is 27.8. The molecule has 0 bridgehead atoms. The summed E-state index contributed by atoms with van der Waals surface area (Å²) in [7, 11) is 0. The minimum Gasteiger partial charge on any atom is -0.375 e. The fourth-order valence-electron chi connectivity index (χ4n) is 3.06. The number of morpholine rings is 2. The van der Waals surface area contributed by atoms with Crippen molar-refractivity contribution in [3.8, 4) is 0 Å². The molecule has 3 rings (SSSR count). The summed E-state index contributed by atoms with van der Waals surface area (Å²) in [6.07, 6.45) is 1.94. The smallest absolute Gasteiger partial charge is 0.240 e. The van der Waals surface area contributed by atoms with Gasteiger partial charge < -0.3 is 25.0 Å². The molecule has 7 heteroatoms. The number of nitrogens with one attached hydrogen (secondary N) is 2. The van der Waals surface area contributed by atoms with E-state index in [1.165, 1.54) is 0 Å². The van der Waals surface area contributed by atoms with Gasteiger partial charge in [0.1, 0.15) is 11.9 Å². The van der Waals surface area contributed by atoms with Crippen LogP contribution in [0.4, 0.5) is 5.82 Å². The van der Waals surface area contributed by atoms with E-state index in [1.54, 1.807) is 0 Å². The number of nitrogens with zero attached hydrogens (tertiary/aromatic N) is 2. The standard InChI is InChI=1S/C17H26N4O3/c1-12-11-21(6-8-23-12)15-4-3-14(9-19-15)10-20-17(22)16-13(2)24-7-5-18-16/h3-4,9,12-13,16,18H,5-8,10-11H2,1-2H3,(H,20,22)/t12?,13-,16+/m1/s1. The lowest BCUT2D eigenvalue weighted by molar-refractivity contribution is -0.129. The predicted octanol–water partition coefficient (Wildman–Crippen LogP) is 0.300. The molecular weight excluding hydrogens is 308 g/mol. The van der Waals surface area contributed by atoms with Crippen molar-refractivity contribution in [3.63, 3.8) is 0 Å². The monoisotopic (exact) mass is 334 g/mol. The number of aromatic nitrogens is 1. The lowest BCUT2D eigenvalue weighted by Gasteiger charge is -2.32. The van der Waals surface area contributed by atoms with Crippen molar-refractivity contribution in [3.05, 3.63) is 23.9 Å². The molecule has 0 aromatic carbocycles. The second-order valence-corrected chi connectivity index (χ2v) is 6.38. The second kappa shape index (κ2) is 7.92. The third kappa shape index (κ3) is 4.23. The highest BCUT2D eigenvalue weighted by atomic mass is 16.5. The van der Waals surface area contributed by atoms with Crippen molar-refractivity contribution in [1.29, 1.82) is 0 Å². The van der Waals surface area contributed by atoms with Crippen LogP contribution >= 0.6 is 0 Å². The number of rotatable bonds is 4. The van der Waals surface area contributed by atoms with Crippen LogP contribution in [-0.4, -0.2) is 62.0 Å². The number of hydrogen-bond donors (Lipinski definition) is 2. The lowest BCUT2D eigenvalue weighted by Crippen LogP contribution is -2.55. The molecule has 2 saturated heterocycles. The molecule has 7 nitrogen and oxygen atoms in total. The summed E-state index contributed by atoms with van der Waals surface area (Å²) in [5.41, 5.74) is 0.984. The van der Waals surface area contributed by atoms with E-state index in [4.69, 9.17) is 9.47 Å². The summed E-state index contributed by atoms with van der Waals surface area (Å²) >= 11 is 0.